The van der Waals surface area contributed by atoms with Gasteiger partial charge in [0, 0.05) is 11.7 Å². The summed E-state index contributed by atoms with van der Waals surface area (Å²) in [6.07, 6.45) is 3.98. The van der Waals surface area contributed by atoms with Gasteiger partial charge in [0.15, 0.2) is 0 Å². The maximum absolute atomic E-state index is 12.5. The highest BCUT2D eigenvalue weighted by atomic mass is 16.3. The molecule has 132 valence electrons. The van der Waals surface area contributed by atoms with Gasteiger partial charge < -0.3 is 10.4 Å². The van der Waals surface area contributed by atoms with Gasteiger partial charge in [0.1, 0.15) is 0 Å². The third-order valence-corrected chi connectivity index (χ3v) is 4.84. The Labute approximate surface area is 149 Å². The number of piperidine rings is 1. The molecule has 4 heteroatoms. The number of hydrogen-bond donors (Lipinski definition) is 2. The van der Waals surface area contributed by atoms with Crippen molar-refractivity contribution in [2.24, 2.45) is 0 Å². The summed E-state index contributed by atoms with van der Waals surface area (Å²) in [7, 11) is 0. The van der Waals surface area contributed by atoms with Crippen molar-refractivity contribution in [3.8, 4) is 0 Å². The largest absolute Gasteiger partial charge is 0.395 e. The number of benzene rings is 2. The van der Waals surface area contributed by atoms with Crippen molar-refractivity contribution in [2.45, 2.75) is 31.7 Å². The first-order chi connectivity index (χ1) is 12.3. The molecule has 0 aliphatic carbocycles. The SMILES string of the molecule is O=C(CN1CCCCC1CO)Nc1ccccc1Cc1ccccc1. The van der Waals surface area contributed by atoms with Crippen LogP contribution in [0.1, 0.15) is 30.4 Å². The summed E-state index contributed by atoms with van der Waals surface area (Å²) < 4.78 is 0. The van der Waals surface area contributed by atoms with Crippen molar-refractivity contribution in [2.75, 3.05) is 25.0 Å². The molecule has 2 aromatic rings. The summed E-state index contributed by atoms with van der Waals surface area (Å²) in [5.74, 6) is -0.0131. The van der Waals surface area contributed by atoms with Crippen LogP contribution in [0.25, 0.3) is 0 Å². The van der Waals surface area contributed by atoms with Gasteiger partial charge in [-0.25, -0.2) is 0 Å². The number of aliphatic hydroxyl groups is 1. The molecule has 2 aromatic carbocycles. The minimum atomic E-state index is -0.0131. The van der Waals surface area contributed by atoms with Crippen LogP contribution in [0.4, 0.5) is 5.69 Å². The van der Waals surface area contributed by atoms with Crippen molar-refractivity contribution in [1.82, 2.24) is 4.90 Å². The van der Waals surface area contributed by atoms with Crippen molar-refractivity contribution in [1.29, 1.82) is 0 Å². The molecular formula is C21H26N2O2. The molecule has 1 saturated heterocycles. The third kappa shape index (κ3) is 4.91. The molecule has 0 bridgehead atoms. The Bertz CT molecular complexity index is 687. The summed E-state index contributed by atoms with van der Waals surface area (Å²) in [5.41, 5.74) is 3.20. The van der Waals surface area contributed by atoms with E-state index in [0.717, 1.165) is 43.5 Å². The van der Waals surface area contributed by atoms with Crippen LogP contribution in [0.3, 0.4) is 0 Å². The number of nitrogens with zero attached hydrogens (tertiary/aromatic N) is 1. The summed E-state index contributed by atoms with van der Waals surface area (Å²) >= 11 is 0. The van der Waals surface area contributed by atoms with Crippen LogP contribution >= 0.6 is 0 Å². The lowest BCUT2D eigenvalue weighted by Crippen LogP contribution is -2.45. The lowest BCUT2D eigenvalue weighted by Gasteiger charge is -2.33. The van der Waals surface area contributed by atoms with Crippen LogP contribution in [0.5, 0.6) is 0 Å². The van der Waals surface area contributed by atoms with Gasteiger partial charge in [0.2, 0.25) is 5.91 Å². The molecule has 4 nitrogen and oxygen atoms in total. The lowest BCUT2D eigenvalue weighted by atomic mass is 10.0. The number of amides is 1. The first kappa shape index (κ1) is 17.6. The van der Waals surface area contributed by atoms with E-state index in [1.807, 2.05) is 36.4 Å². The van der Waals surface area contributed by atoms with Crippen molar-refractivity contribution in [3.05, 3.63) is 65.7 Å². The van der Waals surface area contributed by atoms with E-state index in [2.05, 4.69) is 28.4 Å². The second kappa shape index (κ2) is 8.79. The molecule has 2 N–H and O–H groups in total. The van der Waals surface area contributed by atoms with Crippen LogP contribution in [0, 0.1) is 0 Å². The average Bonchev–Trinajstić information content (AvgIpc) is 2.64. The molecule has 1 aliphatic heterocycles. The van der Waals surface area contributed by atoms with E-state index in [1.54, 1.807) is 0 Å². The van der Waals surface area contributed by atoms with Crippen LogP contribution in [0.2, 0.25) is 0 Å². The Balaban J connectivity index is 1.65. The second-order valence-electron chi connectivity index (χ2n) is 6.67. The number of aliphatic hydroxyl groups excluding tert-OH is 1. The highest BCUT2D eigenvalue weighted by Gasteiger charge is 2.23. The summed E-state index contributed by atoms with van der Waals surface area (Å²) in [4.78, 5) is 14.6. The number of anilines is 1. The predicted octanol–water partition coefficient (Wildman–Crippen LogP) is 3.06. The van der Waals surface area contributed by atoms with E-state index in [4.69, 9.17) is 0 Å². The number of likely N-dealkylation sites (tertiary alicyclic amines) is 1. The van der Waals surface area contributed by atoms with Gasteiger partial charge in [0.05, 0.1) is 13.2 Å². The molecule has 1 aliphatic rings. The zero-order valence-corrected chi connectivity index (χ0v) is 14.5. The average molecular weight is 338 g/mol. The van der Waals surface area contributed by atoms with Gasteiger partial charge in [-0.15, -0.1) is 0 Å². The molecule has 1 atom stereocenters. The van der Waals surface area contributed by atoms with Crippen molar-refractivity contribution >= 4 is 11.6 Å². The van der Waals surface area contributed by atoms with Gasteiger partial charge in [0.25, 0.3) is 0 Å². The monoisotopic (exact) mass is 338 g/mol. The van der Waals surface area contributed by atoms with E-state index < -0.39 is 0 Å². The van der Waals surface area contributed by atoms with E-state index in [-0.39, 0.29) is 18.6 Å². The maximum atomic E-state index is 12.5. The zero-order chi connectivity index (χ0) is 17.5. The van der Waals surface area contributed by atoms with Gasteiger partial charge in [-0.1, -0.05) is 55.0 Å². The van der Waals surface area contributed by atoms with Gasteiger partial charge in [-0.3, -0.25) is 9.69 Å². The van der Waals surface area contributed by atoms with E-state index in [0.29, 0.717) is 6.54 Å². The molecule has 0 spiro atoms. The lowest BCUT2D eigenvalue weighted by molar-refractivity contribution is -0.118. The quantitative estimate of drug-likeness (QED) is 0.851. The number of carbonyl (C=O) groups excluding carboxylic acids is 1. The minimum absolute atomic E-state index is 0.0131. The second-order valence-corrected chi connectivity index (χ2v) is 6.67. The fourth-order valence-corrected chi connectivity index (χ4v) is 3.46. The minimum Gasteiger partial charge on any atom is -0.395 e. The maximum Gasteiger partial charge on any atom is 0.238 e. The van der Waals surface area contributed by atoms with Crippen LogP contribution in [0.15, 0.2) is 54.6 Å². The molecule has 0 saturated carbocycles. The Hall–Kier alpha value is -2.17. The Kier molecular flexibility index (Phi) is 6.20. The highest BCUT2D eigenvalue weighted by molar-refractivity contribution is 5.93. The molecule has 0 aromatic heterocycles. The highest BCUT2D eigenvalue weighted by Crippen LogP contribution is 2.20. The fraction of sp³-hybridized carbons (Fsp3) is 0.381. The summed E-state index contributed by atoms with van der Waals surface area (Å²) in [6.45, 7) is 1.34. The first-order valence-corrected chi connectivity index (χ1v) is 9.03. The Morgan fingerprint density at radius 1 is 1.08 bits per heavy atom. The molecule has 1 amide bonds. The number of hydrogen-bond acceptors (Lipinski definition) is 3. The molecule has 1 unspecified atom stereocenters. The number of carbonyl (C=O) groups is 1. The molecule has 1 heterocycles. The van der Waals surface area contributed by atoms with Crippen LogP contribution in [-0.2, 0) is 11.2 Å². The smallest absolute Gasteiger partial charge is 0.238 e. The van der Waals surface area contributed by atoms with E-state index in [1.165, 1.54) is 5.56 Å². The fourth-order valence-electron chi connectivity index (χ4n) is 3.46. The topological polar surface area (TPSA) is 52.6 Å². The Morgan fingerprint density at radius 3 is 2.64 bits per heavy atom. The molecule has 0 radical (unpaired) electrons. The molecule has 1 fully saturated rings. The normalized spacial score (nSPS) is 18.0. The number of nitrogens with one attached hydrogen (secondary N) is 1. The molecule has 25 heavy (non-hydrogen) atoms. The van der Waals surface area contributed by atoms with E-state index in [9.17, 15) is 9.90 Å². The van der Waals surface area contributed by atoms with Crippen molar-refractivity contribution < 1.29 is 9.90 Å². The van der Waals surface area contributed by atoms with Crippen LogP contribution in [-0.4, -0.2) is 41.7 Å². The molecular weight excluding hydrogens is 312 g/mol. The van der Waals surface area contributed by atoms with Gasteiger partial charge >= 0.3 is 0 Å². The predicted molar refractivity (Wildman–Crippen MR) is 101 cm³/mol. The third-order valence-electron chi connectivity index (χ3n) is 4.84. The standard InChI is InChI=1S/C21H26N2O2/c24-16-19-11-6-7-13-23(19)15-21(25)22-20-12-5-4-10-18(20)14-17-8-2-1-3-9-17/h1-5,8-10,12,19,24H,6-7,11,13-16H2,(H,22,25). The van der Waals surface area contributed by atoms with Crippen molar-refractivity contribution in [3.63, 3.8) is 0 Å². The number of rotatable bonds is 6. The number of para-hydroxylation sites is 1. The summed E-state index contributed by atoms with van der Waals surface area (Å²) in [5, 5.41) is 12.6. The van der Waals surface area contributed by atoms with Gasteiger partial charge in [-0.05, 0) is 43.0 Å². The van der Waals surface area contributed by atoms with E-state index >= 15 is 0 Å². The Morgan fingerprint density at radius 2 is 1.84 bits per heavy atom. The summed E-state index contributed by atoms with van der Waals surface area (Å²) in [6, 6.07) is 18.3. The first-order valence-electron chi connectivity index (χ1n) is 9.03. The zero-order valence-electron chi connectivity index (χ0n) is 14.5. The van der Waals surface area contributed by atoms with Crippen LogP contribution < -0.4 is 5.32 Å². The van der Waals surface area contributed by atoms with Gasteiger partial charge in [-0.2, -0.15) is 0 Å². The molecule has 3 rings (SSSR count).